The average Bonchev–Trinajstić information content (AvgIpc) is 3.26. The lowest BCUT2D eigenvalue weighted by Crippen LogP contribution is -2.50. The number of rotatable bonds is 5. The van der Waals surface area contributed by atoms with E-state index in [1.165, 1.54) is 16.7 Å². The maximum Gasteiger partial charge on any atom is 0.251 e. The number of hydrogen-bond acceptors (Lipinski definition) is 5. The molecule has 0 spiro atoms. The largest absolute Gasteiger partial charge is 0.464 e. The van der Waals surface area contributed by atoms with Gasteiger partial charge in [0, 0.05) is 23.4 Å². The molecule has 2 aromatic rings. The second kappa shape index (κ2) is 8.45. The van der Waals surface area contributed by atoms with E-state index in [1.807, 2.05) is 39.0 Å². The number of carbonyl (C=O) groups excluding carboxylic acids is 3. The molecule has 3 rings (SSSR count). The molecule has 1 aliphatic heterocycles. The Labute approximate surface area is 175 Å². The van der Waals surface area contributed by atoms with Gasteiger partial charge in [0.05, 0.1) is 5.92 Å². The lowest BCUT2D eigenvalue weighted by Gasteiger charge is -2.33. The smallest absolute Gasteiger partial charge is 0.251 e. The molecule has 1 aliphatic rings. The zero-order valence-electron chi connectivity index (χ0n) is 17.1. The molecular formula is C22H26N2O4S. The first-order valence-corrected chi connectivity index (χ1v) is 10.6. The Morgan fingerprint density at radius 3 is 2.38 bits per heavy atom. The Hall–Kier alpha value is -2.54. The summed E-state index contributed by atoms with van der Waals surface area (Å²) in [4.78, 5) is 40.1. The van der Waals surface area contributed by atoms with E-state index >= 15 is 0 Å². The maximum absolute atomic E-state index is 13.5. The molecule has 1 N–H and O–H groups in total. The minimum Gasteiger partial charge on any atom is -0.464 e. The van der Waals surface area contributed by atoms with Gasteiger partial charge < -0.3 is 9.73 Å². The molecule has 1 aromatic carbocycles. The van der Waals surface area contributed by atoms with Crippen LogP contribution in [0.5, 0.6) is 0 Å². The number of amides is 2. The molecule has 0 bridgehead atoms. The molecule has 154 valence electrons. The van der Waals surface area contributed by atoms with Crippen molar-refractivity contribution in [1.29, 1.82) is 0 Å². The summed E-state index contributed by atoms with van der Waals surface area (Å²) < 4.78 is 5.79. The summed E-state index contributed by atoms with van der Waals surface area (Å²) in [6, 6.07) is 11.6. The highest BCUT2D eigenvalue weighted by molar-refractivity contribution is 8.14. The molecule has 0 saturated carbocycles. The number of aryl methyl sites for hydroxylation is 1. The molecule has 0 aliphatic carbocycles. The SMILES string of the molecule is Cc1ccc([C@@H](C(=O)NC(C)(C)C)N(C(=O)[C@H]2CSC(=O)C2)c2ccccc2)o1. The number of furan rings is 1. The van der Waals surface area contributed by atoms with Gasteiger partial charge >= 0.3 is 0 Å². The van der Waals surface area contributed by atoms with Crippen LogP contribution in [0.4, 0.5) is 5.69 Å². The number of hydrogen-bond donors (Lipinski definition) is 1. The van der Waals surface area contributed by atoms with E-state index < -0.39 is 17.5 Å². The molecule has 1 saturated heterocycles. The predicted octanol–water partition coefficient (Wildman–Crippen LogP) is 3.86. The number of benzene rings is 1. The van der Waals surface area contributed by atoms with Crippen LogP contribution in [-0.2, 0) is 14.4 Å². The fourth-order valence-corrected chi connectivity index (χ4v) is 4.24. The van der Waals surface area contributed by atoms with Crippen LogP contribution in [0.15, 0.2) is 46.9 Å². The van der Waals surface area contributed by atoms with Crippen molar-refractivity contribution in [2.24, 2.45) is 5.92 Å². The van der Waals surface area contributed by atoms with Crippen molar-refractivity contribution in [3.05, 3.63) is 54.0 Å². The lowest BCUT2D eigenvalue weighted by atomic mass is 10.0. The van der Waals surface area contributed by atoms with Crippen LogP contribution in [0.1, 0.15) is 44.8 Å². The van der Waals surface area contributed by atoms with E-state index in [1.54, 1.807) is 31.2 Å². The summed E-state index contributed by atoms with van der Waals surface area (Å²) >= 11 is 1.17. The van der Waals surface area contributed by atoms with E-state index in [2.05, 4.69) is 5.32 Å². The van der Waals surface area contributed by atoms with E-state index in [0.29, 0.717) is 23.0 Å². The summed E-state index contributed by atoms with van der Waals surface area (Å²) in [7, 11) is 0. The first-order valence-electron chi connectivity index (χ1n) is 9.58. The van der Waals surface area contributed by atoms with Gasteiger partial charge in [-0.25, -0.2) is 0 Å². The summed E-state index contributed by atoms with van der Waals surface area (Å²) in [5, 5.41) is 2.97. The Balaban J connectivity index is 2.08. The van der Waals surface area contributed by atoms with Gasteiger partial charge in [-0.3, -0.25) is 19.3 Å². The van der Waals surface area contributed by atoms with Gasteiger partial charge in [0.2, 0.25) is 5.91 Å². The molecule has 0 radical (unpaired) electrons. The number of nitrogens with zero attached hydrogens (tertiary/aromatic N) is 1. The summed E-state index contributed by atoms with van der Waals surface area (Å²) in [6.07, 6.45) is 0.178. The standard InChI is InChI=1S/C22H26N2O4S/c1-14-10-11-17(28-14)19(20(26)23-22(2,3)4)24(16-8-6-5-7-9-16)21(27)15-12-18(25)29-13-15/h5-11,15,19H,12-13H2,1-4H3,(H,23,26)/t15-,19+/m1/s1. The van der Waals surface area contributed by atoms with Crippen LogP contribution in [0.2, 0.25) is 0 Å². The summed E-state index contributed by atoms with van der Waals surface area (Å²) in [5.41, 5.74) is 0.103. The summed E-state index contributed by atoms with van der Waals surface area (Å²) in [5.74, 6) is 0.414. The van der Waals surface area contributed by atoms with Crippen LogP contribution < -0.4 is 10.2 Å². The molecule has 1 fully saturated rings. The van der Waals surface area contributed by atoms with E-state index in [4.69, 9.17) is 4.42 Å². The van der Waals surface area contributed by atoms with Crippen molar-refractivity contribution in [3.8, 4) is 0 Å². The molecule has 2 amide bonds. The minimum atomic E-state index is -0.974. The third-order valence-electron chi connectivity index (χ3n) is 4.52. The van der Waals surface area contributed by atoms with Crippen molar-refractivity contribution in [2.75, 3.05) is 10.7 Å². The van der Waals surface area contributed by atoms with E-state index in [9.17, 15) is 14.4 Å². The van der Waals surface area contributed by atoms with Crippen molar-refractivity contribution < 1.29 is 18.8 Å². The van der Waals surface area contributed by atoms with Crippen LogP contribution in [0.3, 0.4) is 0 Å². The molecule has 1 aromatic heterocycles. The molecular weight excluding hydrogens is 388 g/mol. The van der Waals surface area contributed by atoms with Gasteiger partial charge in [-0.1, -0.05) is 30.0 Å². The first kappa shape index (κ1) is 21.2. The highest BCUT2D eigenvalue weighted by Gasteiger charge is 2.41. The molecule has 6 nitrogen and oxygen atoms in total. The number of anilines is 1. The monoisotopic (exact) mass is 414 g/mol. The number of carbonyl (C=O) groups is 3. The van der Waals surface area contributed by atoms with Gasteiger partial charge in [0.1, 0.15) is 11.5 Å². The van der Waals surface area contributed by atoms with Gasteiger partial charge in [0.25, 0.3) is 5.91 Å². The highest BCUT2D eigenvalue weighted by Crippen LogP contribution is 2.34. The van der Waals surface area contributed by atoms with Crippen molar-refractivity contribution >= 4 is 34.4 Å². The van der Waals surface area contributed by atoms with Crippen molar-refractivity contribution in [3.63, 3.8) is 0 Å². The number of thioether (sulfide) groups is 1. The van der Waals surface area contributed by atoms with Gasteiger partial charge in [-0.05, 0) is 52.0 Å². The molecule has 7 heteroatoms. The van der Waals surface area contributed by atoms with Gasteiger partial charge in [-0.15, -0.1) is 0 Å². The molecule has 2 atom stereocenters. The van der Waals surface area contributed by atoms with E-state index in [-0.39, 0.29) is 23.4 Å². The Morgan fingerprint density at radius 1 is 1.17 bits per heavy atom. The third kappa shape index (κ3) is 5.09. The number of para-hydroxylation sites is 1. The minimum absolute atomic E-state index is 0.000831. The zero-order valence-corrected chi connectivity index (χ0v) is 17.9. The molecule has 0 unspecified atom stereocenters. The second-order valence-electron chi connectivity index (χ2n) is 8.22. The Morgan fingerprint density at radius 2 is 1.86 bits per heavy atom. The highest BCUT2D eigenvalue weighted by atomic mass is 32.2. The molecule has 2 heterocycles. The first-order chi connectivity index (χ1) is 13.7. The topological polar surface area (TPSA) is 79.6 Å². The average molecular weight is 415 g/mol. The van der Waals surface area contributed by atoms with Crippen molar-refractivity contribution in [1.82, 2.24) is 5.32 Å². The lowest BCUT2D eigenvalue weighted by molar-refractivity contribution is -0.129. The zero-order chi connectivity index (χ0) is 21.2. The van der Waals surface area contributed by atoms with Crippen LogP contribution in [0.25, 0.3) is 0 Å². The van der Waals surface area contributed by atoms with Gasteiger partial charge in [0.15, 0.2) is 11.2 Å². The normalized spacial score (nSPS) is 17.8. The van der Waals surface area contributed by atoms with Crippen molar-refractivity contribution in [2.45, 2.75) is 45.7 Å². The summed E-state index contributed by atoms with van der Waals surface area (Å²) in [6.45, 7) is 7.45. The molecule has 29 heavy (non-hydrogen) atoms. The van der Waals surface area contributed by atoms with Crippen LogP contribution >= 0.6 is 11.8 Å². The maximum atomic E-state index is 13.5. The van der Waals surface area contributed by atoms with Gasteiger partial charge in [-0.2, -0.15) is 0 Å². The Bertz CT molecular complexity index is 901. The van der Waals surface area contributed by atoms with E-state index in [0.717, 1.165) is 0 Å². The fourth-order valence-electron chi connectivity index (χ4n) is 3.27. The quantitative estimate of drug-likeness (QED) is 0.804. The van der Waals surface area contributed by atoms with Crippen LogP contribution in [-0.4, -0.2) is 28.2 Å². The third-order valence-corrected chi connectivity index (χ3v) is 5.57. The fraction of sp³-hybridized carbons (Fsp3) is 0.409. The Kier molecular flexibility index (Phi) is 6.17. The predicted molar refractivity (Wildman–Crippen MR) is 114 cm³/mol. The van der Waals surface area contributed by atoms with Crippen LogP contribution in [0, 0.1) is 12.8 Å². The number of nitrogens with one attached hydrogen (secondary N) is 1. The second-order valence-corrected chi connectivity index (χ2v) is 9.30.